The summed E-state index contributed by atoms with van der Waals surface area (Å²) in [6, 6.07) is 10.0. The molecule has 5 heteroatoms. The van der Waals surface area contributed by atoms with Crippen LogP contribution in [0.25, 0.3) is 0 Å². The fourth-order valence-electron chi connectivity index (χ4n) is 2.90. The van der Waals surface area contributed by atoms with Gasteiger partial charge in [0.05, 0.1) is 6.04 Å². The highest BCUT2D eigenvalue weighted by atomic mass is 16.7. The molecule has 3 unspecified atom stereocenters. The van der Waals surface area contributed by atoms with Crippen LogP contribution in [0.15, 0.2) is 30.3 Å². The molecule has 1 heterocycles. The molecule has 3 atom stereocenters. The normalized spacial score (nSPS) is 20.8. The van der Waals surface area contributed by atoms with Gasteiger partial charge >= 0.3 is 5.97 Å². The van der Waals surface area contributed by atoms with Crippen LogP contribution in [0.4, 0.5) is 0 Å². The van der Waals surface area contributed by atoms with Crippen molar-refractivity contribution >= 4 is 11.9 Å². The largest absolute Gasteiger partial charge is 0.436 e. The molecule has 0 N–H and O–H groups in total. The van der Waals surface area contributed by atoms with E-state index in [2.05, 4.69) is 0 Å². The van der Waals surface area contributed by atoms with Gasteiger partial charge in [-0.3, -0.25) is 9.59 Å². The molecule has 0 spiro atoms. The van der Waals surface area contributed by atoms with E-state index in [9.17, 15) is 9.59 Å². The highest BCUT2D eigenvalue weighted by Gasteiger charge is 2.34. The van der Waals surface area contributed by atoms with Gasteiger partial charge in [0, 0.05) is 33.4 Å². The average molecular weight is 305 g/mol. The van der Waals surface area contributed by atoms with Crippen molar-refractivity contribution < 1.29 is 19.1 Å². The first kappa shape index (κ1) is 16.5. The summed E-state index contributed by atoms with van der Waals surface area (Å²) < 4.78 is 10.3. The van der Waals surface area contributed by atoms with Crippen molar-refractivity contribution in [2.24, 2.45) is 5.92 Å². The van der Waals surface area contributed by atoms with Crippen LogP contribution in [-0.2, 0) is 19.1 Å². The van der Waals surface area contributed by atoms with Crippen LogP contribution in [-0.4, -0.2) is 36.7 Å². The Bertz CT molecular complexity index is 517. The molecule has 1 fully saturated rings. The first-order valence-electron chi connectivity index (χ1n) is 7.55. The quantitative estimate of drug-likeness (QED) is 0.598. The van der Waals surface area contributed by atoms with E-state index < -0.39 is 6.29 Å². The fraction of sp³-hybridized carbons (Fsp3) is 0.529. The van der Waals surface area contributed by atoms with Gasteiger partial charge in [0.2, 0.25) is 12.2 Å². The molecule has 5 nitrogen and oxygen atoms in total. The molecule has 1 saturated heterocycles. The molecule has 1 aliphatic heterocycles. The summed E-state index contributed by atoms with van der Waals surface area (Å²) in [4.78, 5) is 25.2. The number of hydrogen-bond acceptors (Lipinski definition) is 4. The average Bonchev–Trinajstić information content (AvgIpc) is 2.86. The number of hydrogen-bond donors (Lipinski definition) is 0. The minimum Gasteiger partial charge on any atom is -0.436 e. The number of amides is 1. The minimum absolute atomic E-state index is 0.0495. The van der Waals surface area contributed by atoms with E-state index in [4.69, 9.17) is 9.47 Å². The summed E-state index contributed by atoms with van der Waals surface area (Å²) in [7, 11) is 1.51. The van der Waals surface area contributed by atoms with E-state index in [1.807, 2.05) is 42.2 Å². The van der Waals surface area contributed by atoms with Crippen LogP contribution in [0.3, 0.4) is 0 Å². The zero-order chi connectivity index (χ0) is 16.1. The van der Waals surface area contributed by atoms with Gasteiger partial charge in [-0.05, 0) is 18.4 Å². The molecule has 2 rings (SSSR count). The van der Waals surface area contributed by atoms with Gasteiger partial charge in [-0.1, -0.05) is 30.3 Å². The van der Waals surface area contributed by atoms with Crippen molar-refractivity contribution in [2.75, 3.05) is 13.7 Å². The van der Waals surface area contributed by atoms with Gasteiger partial charge in [-0.15, -0.1) is 0 Å². The molecular weight excluding hydrogens is 282 g/mol. The van der Waals surface area contributed by atoms with Crippen LogP contribution in [0.5, 0.6) is 0 Å². The Kier molecular flexibility index (Phi) is 5.55. The Labute approximate surface area is 131 Å². The van der Waals surface area contributed by atoms with Gasteiger partial charge in [0.15, 0.2) is 0 Å². The Morgan fingerprint density at radius 1 is 1.36 bits per heavy atom. The summed E-state index contributed by atoms with van der Waals surface area (Å²) in [6.45, 7) is 4.06. The Morgan fingerprint density at radius 2 is 2.05 bits per heavy atom. The maximum absolute atomic E-state index is 12.3. The van der Waals surface area contributed by atoms with Gasteiger partial charge in [0.25, 0.3) is 0 Å². The number of nitrogens with zero attached hydrogens (tertiary/aromatic N) is 1. The van der Waals surface area contributed by atoms with Crippen molar-refractivity contribution in [3.8, 4) is 0 Å². The van der Waals surface area contributed by atoms with E-state index in [1.54, 1.807) is 0 Å². The van der Waals surface area contributed by atoms with Crippen molar-refractivity contribution in [1.29, 1.82) is 0 Å². The fourth-order valence-corrected chi connectivity index (χ4v) is 2.90. The topological polar surface area (TPSA) is 55.8 Å². The number of likely N-dealkylation sites (tertiary alicyclic amines) is 1. The van der Waals surface area contributed by atoms with Crippen molar-refractivity contribution in [3.63, 3.8) is 0 Å². The van der Waals surface area contributed by atoms with Crippen LogP contribution in [0.1, 0.15) is 38.3 Å². The Morgan fingerprint density at radius 3 is 2.64 bits per heavy atom. The van der Waals surface area contributed by atoms with Crippen LogP contribution in [0.2, 0.25) is 0 Å². The molecule has 22 heavy (non-hydrogen) atoms. The van der Waals surface area contributed by atoms with E-state index in [1.165, 1.54) is 14.0 Å². The van der Waals surface area contributed by atoms with E-state index in [0.717, 1.165) is 5.56 Å². The number of ether oxygens (including phenoxy) is 2. The number of carbonyl (C=O) groups excluding carboxylic acids is 2. The van der Waals surface area contributed by atoms with Crippen LogP contribution < -0.4 is 0 Å². The monoisotopic (exact) mass is 305 g/mol. The van der Waals surface area contributed by atoms with Gasteiger partial charge in [-0.2, -0.15) is 0 Å². The zero-order valence-electron chi connectivity index (χ0n) is 13.3. The highest BCUT2D eigenvalue weighted by molar-refractivity contribution is 5.79. The molecule has 1 aromatic carbocycles. The predicted molar refractivity (Wildman–Crippen MR) is 81.9 cm³/mol. The summed E-state index contributed by atoms with van der Waals surface area (Å²) in [5.74, 6) is -0.0901. The minimum atomic E-state index is -0.581. The lowest BCUT2D eigenvalue weighted by atomic mass is 10.0. The third kappa shape index (κ3) is 4.07. The maximum Gasteiger partial charge on any atom is 0.304 e. The summed E-state index contributed by atoms with van der Waals surface area (Å²) in [5, 5.41) is 0. The molecule has 120 valence electrons. The molecular formula is C17H23NO4. The van der Waals surface area contributed by atoms with Crippen molar-refractivity contribution in [2.45, 2.75) is 39.0 Å². The smallest absolute Gasteiger partial charge is 0.304 e. The molecule has 0 aromatic heterocycles. The number of benzene rings is 1. The standard InChI is InChI=1S/C17H23NO4/c1-12(15-7-5-4-6-8-15)18-11-14(9-16(18)20)10-17(21-3)22-13(2)19/h4-8,12,14,17H,9-11H2,1-3H3. The van der Waals surface area contributed by atoms with Gasteiger partial charge in [0.1, 0.15) is 0 Å². The van der Waals surface area contributed by atoms with Crippen LogP contribution >= 0.6 is 0 Å². The first-order chi connectivity index (χ1) is 10.5. The summed E-state index contributed by atoms with van der Waals surface area (Å²) in [5.41, 5.74) is 1.12. The number of carbonyl (C=O) groups is 2. The van der Waals surface area contributed by atoms with Crippen molar-refractivity contribution in [1.82, 2.24) is 4.90 Å². The molecule has 0 saturated carbocycles. The van der Waals surface area contributed by atoms with E-state index >= 15 is 0 Å². The van der Waals surface area contributed by atoms with Gasteiger partial charge < -0.3 is 14.4 Å². The first-order valence-corrected chi connectivity index (χ1v) is 7.55. The maximum atomic E-state index is 12.3. The van der Waals surface area contributed by atoms with Gasteiger partial charge in [-0.25, -0.2) is 0 Å². The predicted octanol–water partition coefficient (Wildman–Crippen LogP) is 2.52. The number of esters is 1. The summed E-state index contributed by atoms with van der Waals surface area (Å²) >= 11 is 0. The molecule has 1 aliphatic rings. The van der Waals surface area contributed by atoms with Crippen molar-refractivity contribution in [3.05, 3.63) is 35.9 Å². The van der Waals surface area contributed by atoms with E-state index in [-0.39, 0.29) is 23.8 Å². The lowest BCUT2D eigenvalue weighted by Gasteiger charge is -2.25. The zero-order valence-corrected chi connectivity index (χ0v) is 13.3. The van der Waals surface area contributed by atoms with E-state index in [0.29, 0.717) is 19.4 Å². The SMILES string of the molecule is COC(CC1CC(=O)N(C(C)c2ccccc2)C1)OC(C)=O. The Balaban J connectivity index is 1.97. The number of methoxy groups -OCH3 is 1. The molecule has 0 bridgehead atoms. The highest BCUT2D eigenvalue weighted by Crippen LogP contribution is 2.30. The lowest BCUT2D eigenvalue weighted by Crippen LogP contribution is -2.29. The third-order valence-electron chi connectivity index (χ3n) is 4.07. The third-order valence-corrected chi connectivity index (χ3v) is 4.07. The lowest BCUT2D eigenvalue weighted by molar-refractivity contribution is -0.173. The molecule has 1 amide bonds. The Hall–Kier alpha value is -1.88. The second-order valence-electron chi connectivity index (χ2n) is 5.71. The molecule has 0 aliphatic carbocycles. The second-order valence-corrected chi connectivity index (χ2v) is 5.71. The van der Waals surface area contributed by atoms with Crippen LogP contribution in [0, 0.1) is 5.92 Å². The number of rotatable bonds is 6. The molecule has 0 radical (unpaired) electrons. The summed E-state index contributed by atoms with van der Waals surface area (Å²) in [6.07, 6.45) is 0.431. The molecule has 1 aromatic rings. The second kappa shape index (κ2) is 7.40.